The number of aryl methyl sites for hydroxylation is 2. The van der Waals surface area contributed by atoms with E-state index in [0.717, 1.165) is 29.7 Å². The monoisotopic (exact) mass is 458 g/mol. The van der Waals surface area contributed by atoms with E-state index in [4.69, 9.17) is 4.52 Å². The van der Waals surface area contributed by atoms with Crippen molar-refractivity contribution in [1.82, 2.24) is 29.3 Å². The number of rotatable bonds is 4. The highest BCUT2D eigenvalue weighted by Crippen LogP contribution is 2.35. The molecule has 2 fully saturated rings. The van der Waals surface area contributed by atoms with Crippen molar-refractivity contribution in [1.29, 1.82) is 0 Å². The van der Waals surface area contributed by atoms with Crippen LogP contribution in [0, 0.1) is 13.8 Å². The van der Waals surface area contributed by atoms with E-state index in [0.29, 0.717) is 38.2 Å². The van der Waals surface area contributed by atoms with Crippen molar-refractivity contribution in [2.75, 3.05) is 19.6 Å². The van der Waals surface area contributed by atoms with E-state index in [1.54, 1.807) is 31.1 Å². The van der Waals surface area contributed by atoms with Crippen molar-refractivity contribution in [3.8, 4) is 0 Å². The summed E-state index contributed by atoms with van der Waals surface area (Å²) < 4.78 is 33.0. The molecule has 0 aliphatic carbocycles. The topological polar surface area (TPSA) is 131 Å². The molecular formula is C21H26N6O4S. The van der Waals surface area contributed by atoms with Crippen molar-refractivity contribution in [3.05, 3.63) is 35.7 Å². The van der Waals surface area contributed by atoms with Crippen LogP contribution in [0.3, 0.4) is 0 Å². The fourth-order valence-electron chi connectivity index (χ4n) is 4.89. The molecule has 2 aliphatic heterocycles. The van der Waals surface area contributed by atoms with Crippen molar-refractivity contribution >= 4 is 27.3 Å². The molecule has 2 saturated heterocycles. The van der Waals surface area contributed by atoms with Crippen LogP contribution in [0.1, 0.15) is 48.9 Å². The van der Waals surface area contributed by atoms with Crippen LogP contribution in [0.15, 0.2) is 27.9 Å². The maximum Gasteiger partial charge on any atom is 0.244 e. The number of imidazole rings is 1. The van der Waals surface area contributed by atoms with Gasteiger partial charge in [0.15, 0.2) is 16.2 Å². The van der Waals surface area contributed by atoms with Crippen molar-refractivity contribution in [2.45, 2.75) is 56.4 Å². The molecule has 1 N–H and O–H groups in total. The molecule has 2 aliphatic rings. The third-order valence-corrected chi connectivity index (χ3v) is 8.67. The molecule has 3 aromatic rings. The number of aromatic nitrogens is 4. The molecule has 11 heteroatoms. The normalized spacial score (nSPS) is 22.5. The Balaban J connectivity index is 1.29. The van der Waals surface area contributed by atoms with E-state index in [-0.39, 0.29) is 22.5 Å². The first kappa shape index (κ1) is 21.2. The highest BCUT2D eigenvalue weighted by atomic mass is 32.3. The molecule has 3 aromatic heterocycles. The van der Waals surface area contributed by atoms with Gasteiger partial charge in [-0.15, -0.1) is 4.31 Å². The molecule has 5 rings (SSSR count). The summed E-state index contributed by atoms with van der Waals surface area (Å²) in [4.78, 5) is 27.3. The number of nitrogens with one attached hydrogen (secondary N) is 1. The molecule has 32 heavy (non-hydrogen) atoms. The fraction of sp³-hybridized carbons (Fsp3) is 0.524. The number of H-pyrrole nitrogens is 1. The number of carbonyl (C=O) groups is 1. The predicted molar refractivity (Wildman–Crippen MR) is 115 cm³/mol. The Morgan fingerprint density at radius 2 is 2.03 bits per heavy atom. The van der Waals surface area contributed by atoms with Crippen molar-refractivity contribution in [3.63, 3.8) is 0 Å². The molecular weight excluding hydrogens is 432 g/mol. The van der Waals surface area contributed by atoms with Crippen LogP contribution < -0.4 is 0 Å². The maximum atomic E-state index is 13.3. The Hall–Kier alpha value is -2.63. The number of carbonyl (C=O) groups excluding carboxylic acids is 1. The maximum absolute atomic E-state index is 13.3. The smallest absolute Gasteiger partial charge is 0.244 e. The van der Waals surface area contributed by atoms with E-state index in [2.05, 4.69) is 20.1 Å². The molecule has 1 amide bonds. The van der Waals surface area contributed by atoms with E-state index in [1.807, 2.05) is 6.07 Å². The first-order valence-corrected chi connectivity index (χ1v) is 12.3. The summed E-state index contributed by atoms with van der Waals surface area (Å²) in [7, 11) is -3.85. The molecule has 0 radical (unpaired) electrons. The first-order valence-electron chi connectivity index (χ1n) is 10.9. The van der Waals surface area contributed by atoms with E-state index in [9.17, 15) is 13.6 Å². The van der Waals surface area contributed by atoms with Gasteiger partial charge in [0.2, 0.25) is 10.8 Å². The molecule has 0 bridgehead atoms. The minimum Gasteiger partial charge on any atom is -0.593 e. The second-order valence-corrected chi connectivity index (χ2v) is 10.4. The van der Waals surface area contributed by atoms with E-state index >= 15 is 0 Å². The number of sulfonamides is 1. The number of hydrogen-bond donors (Lipinski definition) is 1. The van der Waals surface area contributed by atoms with Crippen LogP contribution in [0.25, 0.3) is 11.0 Å². The van der Waals surface area contributed by atoms with Crippen LogP contribution in [-0.2, 0) is 19.4 Å². The minimum absolute atomic E-state index is 0.0790. The van der Waals surface area contributed by atoms with Gasteiger partial charge < -0.3 is 19.0 Å². The number of fused-ring (bicyclic) bond motifs is 1. The van der Waals surface area contributed by atoms with Gasteiger partial charge in [0, 0.05) is 38.7 Å². The second kappa shape index (κ2) is 8.05. The van der Waals surface area contributed by atoms with Gasteiger partial charge in [-0.25, -0.2) is 4.98 Å². The Bertz CT molecular complexity index is 1150. The number of likely N-dealkylation sites (tertiary alicyclic amines) is 1. The number of nitrogens with zero attached hydrogens (tertiary/aromatic N) is 5. The molecule has 0 saturated carbocycles. The third-order valence-electron chi connectivity index (χ3n) is 6.52. The lowest BCUT2D eigenvalue weighted by Crippen LogP contribution is -2.51. The first-order chi connectivity index (χ1) is 15.4. The summed E-state index contributed by atoms with van der Waals surface area (Å²) in [5, 5.41) is 3.78. The molecule has 170 valence electrons. The second-order valence-electron chi connectivity index (χ2n) is 8.54. The quantitative estimate of drug-likeness (QED) is 0.594. The summed E-state index contributed by atoms with van der Waals surface area (Å²) in [6, 6.07) is 1.20. The number of amides is 1. The Labute approximate surface area is 186 Å². The van der Waals surface area contributed by atoms with Crippen LogP contribution in [0.4, 0.5) is 0 Å². The average molecular weight is 459 g/mol. The lowest BCUT2D eigenvalue weighted by molar-refractivity contribution is -0.135. The Morgan fingerprint density at radius 3 is 2.72 bits per heavy atom. The SMILES string of the molecule is Cc1noc(C)c1[S+](=O)([O-])N1CCCC1C(=O)N1CCC(c2nc3ccncc3[nH]2)CC1. The predicted octanol–water partition coefficient (Wildman–Crippen LogP) is 2.34. The van der Waals surface area contributed by atoms with Gasteiger partial charge in [-0.05, 0) is 38.7 Å². The standard InChI is InChI=1S/C21H26N6O4S/c1-13-19(14(2)31-25-13)32(29,30)27-9-3-4-18(27)21(28)26-10-6-15(7-11-26)20-23-16-5-8-22-12-17(16)24-20/h5,8,12,15,18H,3-4,6-7,9-11H2,1-2H3,(H-,22,23,24,29,30). The third kappa shape index (κ3) is 3.54. The van der Waals surface area contributed by atoms with Gasteiger partial charge in [0.05, 0.1) is 17.2 Å². The lowest BCUT2D eigenvalue weighted by Gasteiger charge is -2.35. The largest absolute Gasteiger partial charge is 0.593 e. The van der Waals surface area contributed by atoms with E-state index in [1.165, 1.54) is 4.31 Å². The lowest BCUT2D eigenvalue weighted by atomic mass is 9.95. The zero-order valence-corrected chi connectivity index (χ0v) is 18.9. The van der Waals surface area contributed by atoms with Crippen molar-refractivity contribution < 1.29 is 18.1 Å². The summed E-state index contributed by atoms with van der Waals surface area (Å²) in [6.07, 6.45) is 6.22. The molecule has 2 unspecified atom stereocenters. The number of hydrogen-bond acceptors (Lipinski definition) is 7. The Morgan fingerprint density at radius 1 is 1.25 bits per heavy atom. The van der Waals surface area contributed by atoms with Gasteiger partial charge in [-0.3, -0.25) is 9.78 Å². The summed E-state index contributed by atoms with van der Waals surface area (Å²) in [6.45, 7) is 4.67. The van der Waals surface area contributed by atoms with Gasteiger partial charge in [-0.1, -0.05) is 9.37 Å². The van der Waals surface area contributed by atoms with Crippen LogP contribution >= 0.6 is 0 Å². The van der Waals surface area contributed by atoms with E-state index < -0.39 is 16.4 Å². The van der Waals surface area contributed by atoms with Gasteiger partial charge in [0.1, 0.15) is 17.6 Å². The number of pyridine rings is 1. The van der Waals surface area contributed by atoms with Gasteiger partial charge >= 0.3 is 0 Å². The molecule has 10 nitrogen and oxygen atoms in total. The minimum atomic E-state index is -3.85. The van der Waals surface area contributed by atoms with Crippen LogP contribution in [-0.4, -0.2) is 65.4 Å². The zero-order chi connectivity index (χ0) is 22.5. The Kier molecular flexibility index (Phi) is 5.34. The number of aromatic amines is 1. The summed E-state index contributed by atoms with van der Waals surface area (Å²) in [5.41, 5.74) is 2.12. The molecule has 0 aromatic carbocycles. The molecule has 0 spiro atoms. The summed E-state index contributed by atoms with van der Waals surface area (Å²) in [5.74, 6) is 1.29. The highest BCUT2D eigenvalue weighted by molar-refractivity contribution is 7.95. The average Bonchev–Trinajstić information content (AvgIpc) is 3.51. The molecule has 2 atom stereocenters. The zero-order valence-electron chi connectivity index (χ0n) is 18.1. The number of piperidine rings is 1. The van der Waals surface area contributed by atoms with Crippen molar-refractivity contribution in [2.24, 2.45) is 0 Å². The highest BCUT2D eigenvalue weighted by Gasteiger charge is 2.47. The van der Waals surface area contributed by atoms with Crippen LogP contribution in [0.2, 0.25) is 0 Å². The van der Waals surface area contributed by atoms with Crippen LogP contribution in [0.5, 0.6) is 0 Å². The van der Waals surface area contributed by atoms with Gasteiger partial charge in [0.25, 0.3) is 0 Å². The summed E-state index contributed by atoms with van der Waals surface area (Å²) >= 11 is 0. The molecule has 5 heterocycles. The van der Waals surface area contributed by atoms with Gasteiger partial charge in [-0.2, -0.15) is 0 Å². The fourth-order valence-corrected chi connectivity index (χ4v) is 6.83.